The summed E-state index contributed by atoms with van der Waals surface area (Å²) in [4.78, 5) is 16.8. The van der Waals surface area contributed by atoms with Gasteiger partial charge in [0.05, 0.1) is 25.9 Å². The van der Waals surface area contributed by atoms with Gasteiger partial charge in [-0.25, -0.2) is 4.79 Å². The lowest BCUT2D eigenvalue weighted by molar-refractivity contribution is 0.249. The SMILES string of the molecule is CCN1CCc2c(sc(-n3cccc3)c2C(C)NC(=O)Nc2cc(OC)ccc2OC)C1. The number of nitrogens with zero attached hydrogens (tertiary/aromatic N) is 2. The van der Waals surface area contributed by atoms with E-state index >= 15 is 0 Å². The summed E-state index contributed by atoms with van der Waals surface area (Å²) >= 11 is 1.82. The number of nitrogens with one attached hydrogen (secondary N) is 2. The number of anilines is 1. The van der Waals surface area contributed by atoms with E-state index in [0.29, 0.717) is 17.2 Å². The van der Waals surface area contributed by atoms with E-state index in [1.165, 1.54) is 21.0 Å². The lowest BCUT2D eigenvalue weighted by atomic mass is 9.98. The number of fused-ring (bicyclic) bond motifs is 1. The Balaban J connectivity index is 1.59. The molecule has 7 nitrogen and oxygen atoms in total. The summed E-state index contributed by atoms with van der Waals surface area (Å²) in [7, 11) is 3.17. The lowest BCUT2D eigenvalue weighted by Crippen LogP contribution is -2.33. The molecule has 2 amide bonds. The molecule has 0 fully saturated rings. The van der Waals surface area contributed by atoms with E-state index in [1.54, 1.807) is 32.4 Å². The number of hydrogen-bond donors (Lipinski definition) is 2. The normalized spacial score (nSPS) is 14.5. The molecule has 3 heterocycles. The van der Waals surface area contributed by atoms with E-state index in [1.807, 2.05) is 30.4 Å². The number of thiophene rings is 1. The number of amides is 2. The first-order chi connectivity index (χ1) is 15.5. The number of ether oxygens (including phenoxy) is 2. The average Bonchev–Trinajstić information content (AvgIpc) is 3.46. The van der Waals surface area contributed by atoms with E-state index in [9.17, 15) is 4.79 Å². The third-order valence-corrected chi connectivity index (χ3v) is 7.12. The van der Waals surface area contributed by atoms with Crippen LogP contribution in [0.1, 0.15) is 35.9 Å². The number of carbonyl (C=O) groups excluding carboxylic acids is 1. The molecule has 2 aromatic heterocycles. The molecule has 0 spiro atoms. The van der Waals surface area contributed by atoms with Crippen molar-refractivity contribution in [1.29, 1.82) is 0 Å². The molecule has 2 N–H and O–H groups in total. The molecule has 1 atom stereocenters. The largest absolute Gasteiger partial charge is 0.497 e. The van der Waals surface area contributed by atoms with Gasteiger partial charge in [-0.2, -0.15) is 0 Å². The highest BCUT2D eigenvalue weighted by atomic mass is 32.1. The van der Waals surface area contributed by atoms with Crippen molar-refractivity contribution in [3.63, 3.8) is 0 Å². The van der Waals surface area contributed by atoms with Crippen LogP contribution in [0.25, 0.3) is 5.00 Å². The molecule has 0 saturated heterocycles. The molecule has 0 aliphatic carbocycles. The summed E-state index contributed by atoms with van der Waals surface area (Å²) in [6.07, 6.45) is 5.12. The van der Waals surface area contributed by atoms with Gasteiger partial charge in [-0.1, -0.05) is 6.92 Å². The Kier molecular flexibility index (Phi) is 6.72. The predicted molar refractivity (Wildman–Crippen MR) is 128 cm³/mol. The first kappa shape index (κ1) is 22.2. The van der Waals surface area contributed by atoms with Crippen molar-refractivity contribution >= 4 is 23.1 Å². The Hall–Kier alpha value is -2.97. The standard InChI is InChI=1S/C24H30N4O3S/c1-5-27-13-10-18-21(15-27)32-23(28-11-6-7-12-28)22(18)16(2)25-24(29)26-19-14-17(30-3)8-9-20(19)31-4/h6-9,11-12,14,16H,5,10,13,15H2,1-4H3,(H2,25,26,29). The Morgan fingerprint density at radius 1 is 1.22 bits per heavy atom. The smallest absolute Gasteiger partial charge is 0.319 e. The van der Waals surface area contributed by atoms with Gasteiger partial charge in [-0.05, 0) is 49.7 Å². The van der Waals surface area contributed by atoms with E-state index < -0.39 is 0 Å². The second-order valence-electron chi connectivity index (χ2n) is 7.82. The van der Waals surface area contributed by atoms with Gasteiger partial charge in [0.2, 0.25) is 0 Å². The van der Waals surface area contributed by atoms with Gasteiger partial charge in [0, 0.05) is 42.0 Å². The molecule has 170 valence electrons. The van der Waals surface area contributed by atoms with Crippen molar-refractivity contribution in [2.45, 2.75) is 32.9 Å². The van der Waals surface area contributed by atoms with Crippen molar-refractivity contribution in [2.75, 3.05) is 32.6 Å². The van der Waals surface area contributed by atoms with Gasteiger partial charge in [0.25, 0.3) is 0 Å². The quantitative estimate of drug-likeness (QED) is 0.537. The summed E-state index contributed by atoms with van der Waals surface area (Å²) in [6, 6.07) is 8.94. The summed E-state index contributed by atoms with van der Waals surface area (Å²) in [5, 5.41) is 7.21. The molecule has 0 bridgehead atoms. The lowest BCUT2D eigenvalue weighted by Gasteiger charge is -2.26. The number of likely N-dealkylation sites (N-methyl/N-ethyl adjacent to an activating group) is 1. The van der Waals surface area contributed by atoms with Gasteiger partial charge in [-0.3, -0.25) is 4.90 Å². The first-order valence-electron chi connectivity index (χ1n) is 10.8. The Bertz CT molecular complexity index is 1080. The number of aromatic nitrogens is 1. The molecule has 8 heteroatoms. The maximum absolute atomic E-state index is 12.9. The number of benzene rings is 1. The fourth-order valence-corrected chi connectivity index (χ4v) is 5.64. The highest BCUT2D eigenvalue weighted by molar-refractivity contribution is 7.15. The number of methoxy groups -OCH3 is 2. The zero-order valence-electron chi connectivity index (χ0n) is 19.0. The monoisotopic (exact) mass is 454 g/mol. The second-order valence-corrected chi connectivity index (χ2v) is 8.90. The minimum atomic E-state index is -0.284. The van der Waals surface area contributed by atoms with Crippen LogP contribution in [0.2, 0.25) is 0 Å². The molecule has 32 heavy (non-hydrogen) atoms. The summed E-state index contributed by atoms with van der Waals surface area (Å²) in [5.74, 6) is 1.23. The minimum absolute atomic E-state index is 0.155. The number of urea groups is 1. The minimum Gasteiger partial charge on any atom is -0.497 e. The van der Waals surface area contributed by atoms with Crippen molar-refractivity contribution in [2.24, 2.45) is 0 Å². The number of rotatable bonds is 7. The van der Waals surface area contributed by atoms with Crippen LogP contribution in [-0.4, -0.2) is 42.8 Å². The molecule has 0 saturated carbocycles. The molecular weight excluding hydrogens is 424 g/mol. The van der Waals surface area contributed by atoms with Crippen LogP contribution in [0.3, 0.4) is 0 Å². The maximum atomic E-state index is 12.9. The van der Waals surface area contributed by atoms with Gasteiger partial charge in [0.15, 0.2) is 0 Å². The van der Waals surface area contributed by atoms with Gasteiger partial charge in [0.1, 0.15) is 16.5 Å². The van der Waals surface area contributed by atoms with E-state index in [2.05, 4.69) is 39.4 Å². The van der Waals surface area contributed by atoms with Crippen molar-refractivity contribution in [3.8, 4) is 16.5 Å². The van der Waals surface area contributed by atoms with Crippen LogP contribution < -0.4 is 20.1 Å². The maximum Gasteiger partial charge on any atom is 0.319 e. The molecule has 1 aliphatic heterocycles. The van der Waals surface area contributed by atoms with Crippen LogP contribution in [0.5, 0.6) is 11.5 Å². The number of hydrogen-bond acceptors (Lipinski definition) is 5. The van der Waals surface area contributed by atoms with Crippen molar-refractivity contribution in [1.82, 2.24) is 14.8 Å². The average molecular weight is 455 g/mol. The number of carbonyl (C=O) groups is 1. The van der Waals surface area contributed by atoms with Crippen LogP contribution >= 0.6 is 11.3 Å². The Morgan fingerprint density at radius 3 is 2.69 bits per heavy atom. The summed E-state index contributed by atoms with van der Waals surface area (Å²) < 4.78 is 12.8. The molecular formula is C24H30N4O3S. The van der Waals surface area contributed by atoms with Crippen molar-refractivity contribution < 1.29 is 14.3 Å². The Labute approximate surface area is 192 Å². The second kappa shape index (κ2) is 9.67. The van der Waals surface area contributed by atoms with E-state index in [4.69, 9.17) is 9.47 Å². The summed E-state index contributed by atoms with van der Waals surface area (Å²) in [6.45, 7) is 7.30. The third kappa shape index (κ3) is 4.47. The Morgan fingerprint density at radius 2 is 2.00 bits per heavy atom. The van der Waals surface area contributed by atoms with E-state index in [0.717, 1.165) is 26.1 Å². The third-order valence-electron chi connectivity index (χ3n) is 5.88. The molecule has 1 aliphatic rings. The summed E-state index contributed by atoms with van der Waals surface area (Å²) in [5.41, 5.74) is 3.13. The van der Waals surface area contributed by atoms with Crippen LogP contribution in [0.4, 0.5) is 10.5 Å². The molecule has 3 aromatic rings. The van der Waals surface area contributed by atoms with Crippen LogP contribution in [0, 0.1) is 0 Å². The molecule has 4 rings (SSSR count). The molecule has 1 aromatic carbocycles. The highest BCUT2D eigenvalue weighted by Crippen LogP contribution is 2.39. The molecule has 1 unspecified atom stereocenters. The zero-order chi connectivity index (χ0) is 22.7. The predicted octanol–water partition coefficient (Wildman–Crippen LogP) is 4.82. The zero-order valence-corrected chi connectivity index (χ0v) is 19.8. The first-order valence-corrected chi connectivity index (χ1v) is 11.6. The topological polar surface area (TPSA) is 67.8 Å². The molecule has 0 radical (unpaired) electrons. The van der Waals surface area contributed by atoms with Gasteiger partial charge < -0.3 is 24.7 Å². The fraction of sp³-hybridized carbons (Fsp3) is 0.375. The van der Waals surface area contributed by atoms with Crippen LogP contribution in [0.15, 0.2) is 42.7 Å². The van der Waals surface area contributed by atoms with Gasteiger partial charge >= 0.3 is 6.03 Å². The fourth-order valence-electron chi connectivity index (χ4n) is 4.18. The van der Waals surface area contributed by atoms with Crippen LogP contribution in [-0.2, 0) is 13.0 Å². The van der Waals surface area contributed by atoms with Crippen molar-refractivity contribution in [3.05, 3.63) is 58.7 Å². The van der Waals surface area contributed by atoms with Gasteiger partial charge in [-0.15, -0.1) is 11.3 Å². The highest BCUT2D eigenvalue weighted by Gasteiger charge is 2.28. The van der Waals surface area contributed by atoms with E-state index in [-0.39, 0.29) is 12.1 Å².